The highest BCUT2D eigenvalue weighted by atomic mass is 14.7. The molecule has 0 unspecified atom stereocenters. The van der Waals surface area contributed by atoms with Crippen LogP contribution in [0.4, 0.5) is 0 Å². The number of hydrogen-bond donors (Lipinski definition) is 0. The topological polar surface area (TPSA) is 12.4 Å². The lowest BCUT2D eigenvalue weighted by molar-refractivity contribution is 1.25. The second-order valence-corrected chi connectivity index (χ2v) is 4.07. The molecule has 0 N–H and O–H groups in total. The summed E-state index contributed by atoms with van der Waals surface area (Å²) in [6, 6.07) is 16.9. The molecular formula is C16H13N. The molecule has 0 aromatic heterocycles. The fourth-order valence-corrected chi connectivity index (χ4v) is 2.32. The van der Waals surface area contributed by atoms with Gasteiger partial charge in [-0.1, -0.05) is 54.6 Å². The molecule has 0 atom stereocenters. The summed E-state index contributed by atoms with van der Waals surface area (Å²) >= 11 is 0. The van der Waals surface area contributed by atoms with Crippen LogP contribution in [-0.2, 0) is 0 Å². The number of benzene rings is 2. The molecule has 1 aliphatic carbocycles. The van der Waals surface area contributed by atoms with Crippen molar-refractivity contribution in [3.8, 4) is 11.1 Å². The lowest BCUT2D eigenvalue weighted by Gasteiger charge is -1.99. The lowest BCUT2D eigenvalue weighted by atomic mass is 10.1. The van der Waals surface area contributed by atoms with Crippen LogP contribution in [-0.4, -0.2) is 12.3 Å². The van der Waals surface area contributed by atoms with E-state index in [0.717, 1.165) is 5.71 Å². The molecule has 3 rings (SSSR count). The monoisotopic (exact) mass is 219 g/mol. The Balaban J connectivity index is 2.27. The fraction of sp³-hybridized carbons (Fsp3) is 0.0625. The van der Waals surface area contributed by atoms with Crippen molar-refractivity contribution >= 4 is 5.71 Å². The van der Waals surface area contributed by atoms with Gasteiger partial charge in [-0.25, -0.2) is 0 Å². The van der Waals surface area contributed by atoms with Crippen LogP contribution >= 0.6 is 0 Å². The van der Waals surface area contributed by atoms with Crippen molar-refractivity contribution < 1.29 is 0 Å². The normalized spacial score (nSPS) is 11.9. The Bertz CT molecular complexity index is 561. The van der Waals surface area contributed by atoms with Crippen LogP contribution in [0.2, 0.25) is 0 Å². The van der Waals surface area contributed by atoms with Crippen LogP contribution in [0.1, 0.15) is 11.1 Å². The summed E-state index contributed by atoms with van der Waals surface area (Å²) in [5.41, 5.74) is 6.12. The molecule has 1 nitrogen and oxygen atoms in total. The molecule has 0 fully saturated rings. The van der Waals surface area contributed by atoms with Gasteiger partial charge >= 0.3 is 0 Å². The predicted octanol–water partition coefficient (Wildman–Crippen LogP) is 3.69. The Hall–Kier alpha value is -2.15. The van der Waals surface area contributed by atoms with E-state index in [4.69, 9.17) is 0 Å². The largest absolute Gasteiger partial charge is 0.280 e. The van der Waals surface area contributed by atoms with Crippen LogP contribution < -0.4 is 0 Å². The Kier molecular flexibility index (Phi) is 2.37. The molecule has 0 heterocycles. The first-order valence-electron chi connectivity index (χ1n) is 5.76. The summed E-state index contributed by atoms with van der Waals surface area (Å²) in [7, 11) is 0. The number of fused-ring (bicyclic) bond motifs is 3. The van der Waals surface area contributed by atoms with Gasteiger partial charge in [-0.05, 0) is 11.1 Å². The van der Waals surface area contributed by atoms with Crippen molar-refractivity contribution in [2.45, 2.75) is 0 Å². The molecule has 0 spiro atoms. The Morgan fingerprint density at radius 3 is 1.76 bits per heavy atom. The lowest BCUT2D eigenvalue weighted by Crippen LogP contribution is -1.98. The van der Waals surface area contributed by atoms with Gasteiger partial charge in [-0.2, -0.15) is 0 Å². The Labute approximate surface area is 101 Å². The van der Waals surface area contributed by atoms with Crippen molar-refractivity contribution in [2.75, 3.05) is 6.54 Å². The smallest absolute Gasteiger partial charge is 0.0735 e. The average molecular weight is 219 g/mol. The minimum atomic E-state index is 0.665. The first-order valence-corrected chi connectivity index (χ1v) is 5.76. The Morgan fingerprint density at radius 2 is 1.29 bits per heavy atom. The van der Waals surface area contributed by atoms with Crippen molar-refractivity contribution in [2.24, 2.45) is 4.99 Å². The van der Waals surface area contributed by atoms with Gasteiger partial charge in [-0.3, -0.25) is 4.99 Å². The molecule has 1 heteroatoms. The fourth-order valence-electron chi connectivity index (χ4n) is 2.32. The van der Waals surface area contributed by atoms with Crippen molar-refractivity contribution in [3.63, 3.8) is 0 Å². The molecule has 2 aromatic carbocycles. The zero-order chi connectivity index (χ0) is 11.7. The van der Waals surface area contributed by atoms with Gasteiger partial charge in [0.25, 0.3) is 0 Å². The molecule has 0 bridgehead atoms. The van der Waals surface area contributed by atoms with Crippen molar-refractivity contribution in [3.05, 3.63) is 72.3 Å². The summed E-state index contributed by atoms with van der Waals surface area (Å²) in [6.07, 6.45) is 1.83. The molecule has 82 valence electrons. The maximum Gasteiger partial charge on any atom is 0.0735 e. The summed E-state index contributed by atoms with van der Waals surface area (Å²) in [6.45, 7) is 4.39. The van der Waals surface area contributed by atoms with Gasteiger partial charge in [0.15, 0.2) is 0 Å². The molecule has 0 saturated heterocycles. The third-order valence-corrected chi connectivity index (χ3v) is 3.03. The molecule has 0 amide bonds. The molecular weight excluding hydrogens is 206 g/mol. The third-order valence-electron chi connectivity index (χ3n) is 3.03. The number of nitrogens with zero attached hydrogens (tertiary/aromatic N) is 1. The number of aliphatic imine (C=N–C) groups is 1. The van der Waals surface area contributed by atoms with E-state index in [1.54, 1.807) is 0 Å². The highest BCUT2D eigenvalue weighted by molar-refractivity contribution is 6.24. The second-order valence-electron chi connectivity index (χ2n) is 4.07. The summed E-state index contributed by atoms with van der Waals surface area (Å²) in [4.78, 5) is 4.62. The van der Waals surface area contributed by atoms with Gasteiger partial charge in [0, 0.05) is 11.1 Å². The number of hydrogen-bond acceptors (Lipinski definition) is 1. The van der Waals surface area contributed by atoms with E-state index in [9.17, 15) is 0 Å². The summed E-state index contributed by atoms with van der Waals surface area (Å²) in [5, 5.41) is 0. The first-order chi connectivity index (χ1) is 8.42. The van der Waals surface area contributed by atoms with E-state index in [1.807, 2.05) is 6.08 Å². The van der Waals surface area contributed by atoms with Gasteiger partial charge in [-0.15, -0.1) is 6.58 Å². The van der Waals surface area contributed by atoms with Gasteiger partial charge in [0.1, 0.15) is 0 Å². The van der Waals surface area contributed by atoms with Gasteiger partial charge in [0.2, 0.25) is 0 Å². The maximum absolute atomic E-state index is 4.62. The van der Waals surface area contributed by atoms with E-state index in [1.165, 1.54) is 22.3 Å². The Morgan fingerprint density at radius 1 is 0.824 bits per heavy atom. The zero-order valence-electron chi connectivity index (χ0n) is 9.56. The van der Waals surface area contributed by atoms with Gasteiger partial charge < -0.3 is 0 Å². The molecule has 1 aliphatic rings. The quantitative estimate of drug-likeness (QED) is 0.583. The minimum Gasteiger partial charge on any atom is -0.280 e. The number of rotatable bonds is 2. The third kappa shape index (κ3) is 1.51. The van der Waals surface area contributed by atoms with Crippen LogP contribution in [0.5, 0.6) is 0 Å². The van der Waals surface area contributed by atoms with Crippen LogP contribution in [0, 0.1) is 0 Å². The molecule has 17 heavy (non-hydrogen) atoms. The maximum atomic E-state index is 4.62. The van der Waals surface area contributed by atoms with E-state index >= 15 is 0 Å². The highest BCUT2D eigenvalue weighted by Crippen LogP contribution is 2.36. The SMILES string of the molecule is C=CCN=C1c2ccccc2-c2ccccc21. The van der Waals surface area contributed by atoms with Crippen molar-refractivity contribution in [1.29, 1.82) is 0 Å². The predicted molar refractivity (Wildman–Crippen MR) is 72.6 cm³/mol. The molecule has 2 aromatic rings. The summed E-state index contributed by atoms with van der Waals surface area (Å²) in [5.74, 6) is 0. The van der Waals surface area contributed by atoms with E-state index in [0.29, 0.717) is 6.54 Å². The van der Waals surface area contributed by atoms with E-state index in [2.05, 4.69) is 60.1 Å². The van der Waals surface area contributed by atoms with Crippen molar-refractivity contribution in [1.82, 2.24) is 0 Å². The summed E-state index contributed by atoms with van der Waals surface area (Å²) < 4.78 is 0. The van der Waals surface area contributed by atoms with Crippen LogP contribution in [0.25, 0.3) is 11.1 Å². The standard InChI is InChI=1S/C16H13N/c1-2-11-17-16-14-9-5-3-7-12(14)13-8-4-6-10-15(13)16/h2-10H,1,11H2. The van der Waals surface area contributed by atoms with Gasteiger partial charge in [0.05, 0.1) is 12.3 Å². The zero-order valence-corrected chi connectivity index (χ0v) is 9.56. The minimum absolute atomic E-state index is 0.665. The highest BCUT2D eigenvalue weighted by Gasteiger charge is 2.23. The molecule has 0 aliphatic heterocycles. The first kappa shape index (κ1) is 10.0. The average Bonchev–Trinajstić information content (AvgIpc) is 2.71. The molecule has 0 radical (unpaired) electrons. The second kappa shape index (κ2) is 4.02. The van der Waals surface area contributed by atoms with E-state index < -0.39 is 0 Å². The van der Waals surface area contributed by atoms with E-state index in [-0.39, 0.29) is 0 Å². The van der Waals surface area contributed by atoms with Crippen LogP contribution in [0.15, 0.2) is 66.2 Å². The van der Waals surface area contributed by atoms with Crippen LogP contribution in [0.3, 0.4) is 0 Å². The molecule has 0 saturated carbocycles.